The molecule has 0 aliphatic heterocycles. The second-order valence-corrected chi connectivity index (χ2v) is 4.66. The Balaban J connectivity index is 3.56. The zero-order valence-corrected chi connectivity index (χ0v) is 10.4. The maximum absolute atomic E-state index is 9.92. The molecule has 0 saturated heterocycles. The van der Waals surface area contributed by atoms with Crippen LogP contribution in [0.2, 0.25) is 0 Å². The maximum Gasteiger partial charge on any atom is 0.0568 e. The number of unbranched alkanes of at least 4 members (excludes halogenated alkanes) is 3. The smallest absolute Gasteiger partial charge is 0.0568 e. The average Bonchev–Trinajstić information content (AvgIpc) is 2.21. The van der Waals surface area contributed by atoms with Gasteiger partial charge in [-0.15, -0.1) is 0 Å². The topological polar surface area (TPSA) is 20.2 Å². The molecule has 0 radical (unpaired) electrons. The summed E-state index contributed by atoms with van der Waals surface area (Å²) in [6.07, 6.45) is 7.14. The van der Waals surface area contributed by atoms with Gasteiger partial charge in [0.1, 0.15) is 0 Å². The Bertz CT molecular complexity index is 122. The zero-order valence-electron chi connectivity index (χ0n) is 10.4. The summed E-state index contributed by atoms with van der Waals surface area (Å²) >= 11 is 0. The van der Waals surface area contributed by atoms with Gasteiger partial charge in [0.05, 0.1) is 6.10 Å². The van der Waals surface area contributed by atoms with Gasteiger partial charge in [-0.3, -0.25) is 0 Å². The van der Waals surface area contributed by atoms with Crippen molar-refractivity contribution in [2.45, 2.75) is 72.3 Å². The first-order valence-corrected chi connectivity index (χ1v) is 6.31. The van der Waals surface area contributed by atoms with Crippen LogP contribution in [-0.4, -0.2) is 11.2 Å². The molecular formula is C13H28O. The Morgan fingerprint density at radius 3 is 2.14 bits per heavy atom. The first-order chi connectivity index (χ1) is 6.63. The minimum absolute atomic E-state index is 0.0817. The molecule has 1 N–H and O–H groups in total. The van der Waals surface area contributed by atoms with Crippen molar-refractivity contribution >= 4 is 0 Å². The highest BCUT2D eigenvalue weighted by molar-refractivity contribution is 4.69. The molecule has 0 rings (SSSR count). The maximum atomic E-state index is 9.92. The summed E-state index contributed by atoms with van der Waals surface area (Å²) in [6, 6.07) is 0. The molecule has 0 bridgehead atoms. The summed E-state index contributed by atoms with van der Waals surface area (Å²) < 4.78 is 0. The molecule has 0 aromatic carbocycles. The Kier molecular flexibility index (Phi) is 8.26. The normalized spacial score (nSPS) is 17.8. The van der Waals surface area contributed by atoms with Gasteiger partial charge in [0, 0.05) is 0 Å². The summed E-state index contributed by atoms with van der Waals surface area (Å²) in [4.78, 5) is 0. The Hall–Kier alpha value is -0.0400. The average molecular weight is 200 g/mol. The van der Waals surface area contributed by atoms with Crippen molar-refractivity contribution in [2.75, 3.05) is 0 Å². The Morgan fingerprint density at radius 2 is 1.64 bits per heavy atom. The summed E-state index contributed by atoms with van der Waals surface area (Å²) in [5.41, 5.74) is 0. The monoisotopic (exact) mass is 200 g/mol. The van der Waals surface area contributed by atoms with Crippen molar-refractivity contribution in [1.29, 1.82) is 0 Å². The van der Waals surface area contributed by atoms with Gasteiger partial charge in [0.25, 0.3) is 0 Å². The molecule has 0 spiro atoms. The molecule has 3 unspecified atom stereocenters. The number of aliphatic hydroxyl groups is 1. The van der Waals surface area contributed by atoms with Gasteiger partial charge in [-0.05, 0) is 18.3 Å². The first kappa shape index (κ1) is 14.0. The van der Waals surface area contributed by atoms with Crippen LogP contribution in [-0.2, 0) is 0 Å². The van der Waals surface area contributed by atoms with Crippen molar-refractivity contribution in [1.82, 2.24) is 0 Å². The second kappa shape index (κ2) is 8.28. The van der Waals surface area contributed by atoms with Crippen LogP contribution in [0.25, 0.3) is 0 Å². The molecule has 3 atom stereocenters. The van der Waals surface area contributed by atoms with Crippen LogP contribution < -0.4 is 0 Å². The summed E-state index contributed by atoms with van der Waals surface area (Å²) in [7, 11) is 0. The van der Waals surface area contributed by atoms with Crippen molar-refractivity contribution in [3.63, 3.8) is 0 Å². The van der Waals surface area contributed by atoms with Crippen LogP contribution >= 0.6 is 0 Å². The molecule has 86 valence electrons. The standard InChI is InChI=1S/C13H28O/c1-5-7-8-9-10-13(14)12(4)11(3)6-2/h11-14H,5-10H2,1-4H3. The van der Waals surface area contributed by atoms with Crippen LogP contribution in [0.15, 0.2) is 0 Å². The van der Waals surface area contributed by atoms with Crippen LogP contribution in [0, 0.1) is 11.8 Å². The van der Waals surface area contributed by atoms with E-state index in [0.717, 1.165) is 6.42 Å². The molecule has 0 aliphatic rings. The van der Waals surface area contributed by atoms with Crippen LogP contribution in [0.5, 0.6) is 0 Å². The van der Waals surface area contributed by atoms with E-state index in [4.69, 9.17) is 0 Å². The molecule has 0 aliphatic carbocycles. The van der Waals surface area contributed by atoms with Crippen LogP contribution in [0.3, 0.4) is 0 Å². The SMILES string of the molecule is CCCCCCC(O)C(C)C(C)CC. The van der Waals surface area contributed by atoms with Crippen molar-refractivity contribution in [3.05, 3.63) is 0 Å². The number of aliphatic hydroxyl groups excluding tert-OH is 1. The third-order valence-electron chi connectivity index (χ3n) is 3.50. The predicted molar refractivity (Wildman–Crippen MR) is 63.4 cm³/mol. The van der Waals surface area contributed by atoms with Gasteiger partial charge in [0.2, 0.25) is 0 Å². The van der Waals surface area contributed by atoms with E-state index < -0.39 is 0 Å². The lowest BCUT2D eigenvalue weighted by atomic mass is 9.86. The summed E-state index contributed by atoms with van der Waals surface area (Å²) in [5, 5.41) is 9.92. The second-order valence-electron chi connectivity index (χ2n) is 4.66. The van der Waals surface area contributed by atoms with Crippen LogP contribution in [0.4, 0.5) is 0 Å². The molecule has 0 aromatic heterocycles. The number of rotatable bonds is 8. The minimum atomic E-state index is -0.0817. The van der Waals surface area contributed by atoms with Crippen molar-refractivity contribution < 1.29 is 5.11 Å². The Labute approximate surface area is 89.9 Å². The van der Waals surface area contributed by atoms with Gasteiger partial charge in [-0.1, -0.05) is 59.8 Å². The molecule has 0 saturated carbocycles. The molecule has 1 heteroatoms. The highest BCUT2D eigenvalue weighted by atomic mass is 16.3. The number of hydrogen-bond acceptors (Lipinski definition) is 1. The predicted octanol–water partition coefficient (Wildman–Crippen LogP) is 4.00. The van der Waals surface area contributed by atoms with Crippen molar-refractivity contribution in [3.8, 4) is 0 Å². The fraction of sp³-hybridized carbons (Fsp3) is 1.00. The van der Waals surface area contributed by atoms with E-state index >= 15 is 0 Å². The van der Waals surface area contributed by atoms with E-state index in [1.54, 1.807) is 0 Å². The zero-order chi connectivity index (χ0) is 11.0. The van der Waals surface area contributed by atoms with Gasteiger partial charge >= 0.3 is 0 Å². The summed E-state index contributed by atoms with van der Waals surface area (Å²) in [6.45, 7) is 8.84. The quantitative estimate of drug-likeness (QED) is 0.587. The van der Waals surface area contributed by atoms with E-state index in [1.165, 1.54) is 32.1 Å². The highest BCUT2D eigenvalue weighted by Gasteiger charge is 2.18. The van der Waals surface area contributed by atoms with Gasteiger partial charge in [-0.2, -0.15) is 0 Å². The molecule has 0 aromatic rings. The van der Waals surface area contributed by atoms with Gasteiger partial charge in [-0.25, -0.2) is 0 Å². The lowest BCUT2D eigenvalue weighted by molar-refractivity contribution is 0.0758. The van der Waals surface area contributed by atoms with Crippen LogP contribution in [0.1, 0.15) is 66.2 Å². The fourth-order valence-electron chi connectivity index (χ4n) is 1.79. The lowest BCUT2D eigenvalue weighted by Crippen LogP contribution is -2.23. The first-order valence-electron chi connectivity index (χ1n) is 6.31. The molecular weight excluding hydrogens is 172 g/mol. The van der Waals surface area contributed by atoms with Gasteiger partial charge < -0.3 is 5.11 Å². The third-order valence-corrected chi connectivity index (χ3v) is 3.50. The minimum Gasteiger partial charge on any atom is -0.393 e. The number of hydrogen-bond donors (Lipinski definition) is 1. The molecule has 1 nitrogen and oxygen atoms in total. The lowest BCUT2D eigenvalue weighted by Gasteiger charge is -2.24. The van der Waals surface area contributed by atoms with E-state index in [0.29, 0.717) is 11.8 Å². The molecule has 0 heterocycles. The highest BCUT2D eigenvalue weighted by Crippen LogP contribution is 2.21. The van der Waals surface area contributed by atoms with Crippen molar-refractivity contribution in [2.24, 2.45) is 11.8 Å². The van der Waals surface area contributed by atoms with E-state index in [1.807, 2.05) is 0 Å². The molecule has 14 heavy (non-hydrogen) atoms. The summed E-state index contributed by atoms with van der Waals surface area (Å²) in [5.74, 6) is 1.11. The third kappa shape index (κ3) is 5.64. The van der Waals surface area contributed by atoms with E-state index in [2.05, 4.69) is 27.7 Å². The Morgan fingerprint density at radius 1 is 1.00 bits per heavy atom. The van der Waals surface area contributed by atoms with E-state index in [9.17, 15) is 5.11 Å². The van der Waals surface area contributed by atoms with E-state index in [-0.39, 0.29) is 6.10 Å². The molecule has 0 fully saturated rings. The molecule has 0 amide bonds. The largest absolute Gasteiger partial charge is 0.393 e. The fourth-order valence-corrected chi connectivity index (χ4v) is 1.79. The van der Waals surface area contributed by atoms with Gasteiger partial charge in [0.15, 0.2) is 0 Å².